The van der Waals surface area contributed by atoms with Crippen LogP contribution in [-0.2, 0) is 0 Å². The van der Waals surface area contributed by atoms with Crippen LogP contribution < -0.4 is 0 Å². The largest absolute Gasteiger partial charge is 0.303 e. The van der Waals surface area contributed by atoms with E-state index in [1.165, 1.54) is 50.4 Å². The van der Waals surface area contributed by atoms with Gasteiger partial charge in [-0.1, -0.05) is 49.0 Å². The predicted molar refractivity (Wildman–Crippen MR) is 80.9 cm³/mol. The Morgan fingerprint density at radius 3 is 2.18 bits per heavy atom. The summed E-state index contributed by atoms with van der Waals surface area (Å²) >= 11 is 3.77. The minimum Gasteiger partial charge on any atom is -0.303 e. The van der Waals surface area contributed by atoms with Gasteiger partial charge in [-0.05, 0) is 44.6 Å². The molecule has 0 bridgehead atoms. The van der Waals surface area contributed by atoms with Gasteiger partial charge in [-0.25, -0.2) is 0 Å². The summed E-state index contributed by atoms with van der Waals surface area (Å²) in [7, 11) is 2.31. The van der Waals surface area contributed by atoms with E-state index in [0.29, 0.717) is 11.5 Å². The molecule has 1 aliphatic carbocycles. The van der Waals surface area contributed by atoms with Crippen LogP contribution in [0.4, 0.5) is 0 Å². The third kappa shape index (κ3) is 4.90. The molecule has 1 rings (SSSR count). The Labute approximate surface area is 116 Å². The lowest BCUT2D eigenvalue weighted by Gasteiger charge is -2.41. The summed E-state index contributed by atoms with van der Waals surface area (Å²) in [5.41, 5.74) is 0.554. The summed E-state index contributed by atoms with van der Waals surface area (Å²) in [6.07, 6.45) is 8.44. The van der Waals surface area contributed by atoms with Gasteiger partial charge in [-0.3, -0.25) is 0 Å². The van der Waals surface area contributed by atoms with E-state index in [9.17, 15) is 0 Å². The van der Waals surface area contributed by atoms with E-state index in [-0.39, 0.29) is 0 Å². The molecular weight excluding hydrogens is 274 g/mol. The zero-order chi connectivity index (χ0) is 12.9. The van der Waals surface area contributed by atoms with Crippen LogP contribution in [0.15, 0.2) is 0 Å². The molecule has 0 amide bonds. The summed E-state index contributed by atoms with van der Waals surface area (Å²) in [5.74, 6) is 0.804. The SMILES string of the molecule is CC(C)CC(C)N(C)CC1(CBr)CCCCC1. The Morgan fingerprint density at radius 1 is 1.12 bits per heavy atom. The second-order valence-corrected chi connectivity index (χ2v) is 7.15. The summed E-state index contributed by atoms with van der Waals surface area (Å²) in [6.45, 7) is 8.30. The van der Waals surface area contributed by atoms with E-state index in [2.05, 4.69) is 48.6 Å². The van der Waals surface area contributed by atoms with Gasteiger partial charge >= 0.3 is 0 Å². The molecule has 2 heteroatoms. The van der Waals surface area contributed by atoms with Crippen LogP contribution in [0.1, 0.15) is 59.3 Å². The smallest absolute Gasteiger partial charge is 0.0100 e. The van der Waals surface area contributed by atoms with E-state index < -0.39 is 0 Å². The van der Waals surface area contributed by atoms with Gasteiger partial charge in [0.15, 0.2) is 0 Å². The molecule has 1 aliphatic rings. The maximum absolute atomic E-state index is 3.77. The zero-order valence-corrected chi connectivity index (χ0v) is 13.7. The highest BCUT2D eigenvalue weighted by Crippen LogP contribution is 2.38. The molecule has 102 valence electrons. The normalized spacial score (nSPS) is 22.1. The lowest BCUT2D eigenvalue weighted by atomic mass is 9.75. The average Bonchev–Trinajstić information content (AvgIpc) is 2.29. The minimum atomic E-state index is 0.554. The van der Waals surface area contributed by atoms with Gasteiger partial charge in [0.1, 0.15) is 0 Å². The number of hydrogen-bond acceptors (Lipinski definition) is 1. The quantitative estimate of drug-likeness (QED) is 0.643. The van der Waals surface area contributed by atoms with Crippen LogP contribution in [0.5, 0.6) is 0 Å². The molecule has 1 atom stereocenters. The van der Waals surface area contributed by atoms with Crippen molar-refractivity contribution in [2.45, 2.75) is 65.3 Å². The van der Waals surface area contributed by atoms with Crippen molar-refractivity contribution in [1.29, 1.82) is 0 Å². The Kier molecular flexibility index (Phi) is 6.50. The fourth-order valence-corrected chi connectivity index (χ4v) is 3.92. The van der Waals surface area contributed by atoms with Crippen LogP contribution in [0.3, 0.4) is 0 Å². The molecule has 0 heterocycles. The molecule has 0 aromatic heterocycles. The van der Waals surface area contributed by atoms with Crippen LogP contribution in [-0.4, -0.2) is 29.9 Å². The first-order valence-electron chi connectivity index (χ1n) is 7.25. The van der Waals surface area contributed by atoms with Gasteiger partial charge in [0.25, 0.3) is 0 Å². The second kappa shape index (κ2) is 7.13. The fraction of sp³-hybridized carbons (Fsp3) is 1.00. The first kappa shape index (κ1) is 15.5. The van der Waals surface area contributed by atoms with Crippen LogP contribution >= 0.6 is 15.9 Å². The molecule has 0 spiro atoms. The van der Waals surface area contributed by atoms with E-state index in [1.54, 1.807) is 0 Å². The van der Waals surface area contributed by atoms with E-state index >= 15 is 0 Å². The summed E-state index contributed by atoms with van der Waals surface area (Å²) in [5, 5.41) is 1.18. The van der Waals surface area contributed by atoms with E-state index in [1.807, 2.05) is 0 Å². The van der Waals surface area contributed by atoms with Crippen molar-refractivity contribution in [2.75, 3.05) is 18.9 Å². The molecule has 17 heavy (non-hydrogen) atoms. The second-order valence-electron chi connectivity index (χ2n) is 6.59. The van der Waals surface area contributed by atoms with Gasteiger partial charge in [0.05, 0.1) is 0 Å². The van der Waals surface area contributed by atoms with Gasteiger partial charge < -0.3 is 4.90 Å². The summed E-state index contributed by atoms with van der Waals surface area (Å²) < 4.78 is 0. The molecule has 0 aliphatic heterocycles. The zero-order valence-electron chi connectivity index (χ0n) is 12.1. The minimum absolute atomic E-state index is 0.554. The van der Waals surface area contributed by atoms with Crippen molar-refractivity contribution in [3.63, 3.8) is 0 Å². The Morgan fingerprint density at radius 2 is 1.71 bits per heavy atom. The Bertz CT molecular complexity index is 209. The molecule has 0 aromatic rings. The third-order valence-corrected chi connectivity index (χ3v) is 5.54. The predicted octanol–water partition coefficient (Wildman–Crippen LogP) is 4.70. The Balaban J connectivity index is 2.49. The number of rotatable bonds is 6. The van der Waals surface area contributed by atoms with Crippen molar-refractivity contribution in [3.8, 4) is 0 Å². The standard InChI is InChI=1S/C15H30BrN/c1-13(2)10-14(3)17(4)12-15(11-16)8-6-5-7-9-15/h13-14H,5-12H2,1-4H3. The monoisotopic (exact) mass is 303 g/mol. The molecule has 0 N–H and O–H groups in total. The van der Waals surface area contributed by atoms with Crippen molar-refractivity contribution >= 4 is 15.9 Å². The Hall–Kier alpha value is 0.440. The topological polar surface area (TPSA) is 3.24 Å². The molecule has 0 aromatic carbocycles. The van der Waals surface area contributed by atoms with Gasteiger partial charge in [-0.2, -0.15) is 0 Å². The van der Waals surface area contributed by atoms with Crippen molar-refractivity contribution < 1.29 is 0 Å². The molecule has 1 saturated carbocycles. The molecular formula is C15H30BrN. The highest BCUT2D eigenvalue weighted by Gasteiger charge is 2.32. The molecule has 1 fully saturated rings. The first-order valence-corrected chi connectivity index (χ1v) is 8.37. The number of nitrogens with zero attached hydrogens (tertiary/aromatic N) is 1. The first-order chi connectivity index (χ1) is 7.99. The van der Waals surface area contributed by atoms with E-state index in [4.69, 9.17) is 0 Å². The third-order valence-electron chi connectivity index (χ3n) is 4.35. The lowest BCUT2D eigenvalue weighted by Crippen LogP contribution is -2.42. The van der Waals surface area contributed by atoms with Crippen molar-refractivity contribution in [3.05, 3.63) is 0 Å². The van der Waals surface area contributed by atoms with Gasteiger partial charge in [-0.15, -0.1) is 0 Å². The number of hydrogen-bond donors (Lipinski definition) is 0. The van der Waals surface area contributed by atoms with Crippen molar-refractivity contribution in [2.24, 2.45) is 11.3 Å². The van der Waals surface area contributed by atoms with Crippen LogP contribution in [0.2, 0.25) is 0 Å². The van der Waals surface area contributed by atoms with Gasteiger partial charge in [0.2, 0.25) is 0 Å². The molecule has 1 nitrogen and oxygen atoms in total. The highest BCUT2D eigenvalue weighted by molar-refractivity contribution is 9.09. The maximum Gasteiger partial charge on any atom is 0.0100 e. The lowest BCUT2D eigenvalue weighted by molar-refractivity contribution is 0.112. The number of halogens is 1. The van der Waals surface area contributed by atoms with Crippen LogP contribution in [0.25, 0.3) is 0 Å². The number of alkyl halides is 1. The maximum atomic E-state index is 3.77. The molecule has 1 unspecified atom stereocenters. The van der Waals surface area contributed by atoms with Gasteiger partial charge in [0, 0.05) is 17.9 Å². The molecule has 0 radical (unpaired) electrons. The fourth-order valence-electron chi connectivity index (χ4n) is 3.18. The highest BCUT2D eigenvalue weighted by atomic mass is 79.9. The summed E-state index contributed by atoms with van der Waals surface area (Å²) in [6, 6.07) is 0.716. The summed E-state index contributed by atoms with van der Waals surface area (Å²) in [4.78, 5) is 2.59. The van der Waals surface area contributed by atoms with E-state index in [0.717, 1.165) is 5.92 Å². The van der Waals surface area contributed by atoms with Crippen molar-refractivity contribution in [1.82, 2.24) is 4.90 Å². The average molecular weight is 304 g/mol. The molecule has 0 saturated heterocycles. The van der Waals surface area contributed by atoms with Crippen LogP contribution in [0, 0.1) is 11.3 Å².